The third kappa shape index (κ3) is 4.90. The average Bonchev–Trinajstić information content (AvgIpc) is 2.88. The van der Waals surface area contributed by atoms with E-state index in [-0.39, 0.29) is 5.91 Å². The molecule has 1 fully saturated rings. The number of ether oxygens (including phenoxy) is 1. The minimum Gasteiger partial charge on any atom is -0.378 e. The van der Waals surface area contributed by atoms with Gasteiger partial charge in [0.25, 0.3) is 5.91 Å². The number of carbonyl (C=O) groups excluding carboxylic acids is 2. The predicted molar refractivity (Wildman–Crippen MR) is 129 cm³/mol. The van der Waals surface area contributed by atoms with Gasteiger partial charge in [-0.05, 0) is 37.6 Å². The third-order valence-electron chi connectivity index (χ3n) is 6.05. The molecule has 2 aromatic heterocycles. The fourth-order valence-electron chi connectivity index (χ4n) is 4.26. The lowest BCUT2D eigenvalue weighted by Crippen LogP contribution is -2.41. The van der Waals surface area contributed by atoms with E-state index in [1.807, 2.05) is 19.1 Å². The average molecular weight is 475 g/mol. The lowest BCUT2D eigenvalue weighted by atomic mass is 10.0. The summed E-state index contributed by atoms with van der Waals surface area (Å²) < 4.78 is 5.54. The summed E-state index contributed by atoms with van der Waals surface area (Å²) in [6.45, 7) is 5.50. The molecule has 0 unspecified atom stereocenters. The van der Waals surface area contributed by atoms with E-state index in [0.717, 1.165) is 41.4 Å². The Hall–Kier alpha value is -4.12. The van der Waals surface area contributed by atoms with Gasteiger partial charge in [-0.15, -0.1) is 0 Å². The van der Waals surface area contributed by atoms with Crippen LogP contribution in [-0.4, -0.2) is 69.6 Å². The number of hydrogen-bond donors (Lipinski definition) is 2. The van der Waals surface area contributed by atoms with Crippen LogP contribution in [0, 0.1) is 6.92 Å². The molecule has 0 bridgehead atoms. The zero-order valence-electron chi connectivity index (χ0n) is 19.4. The number of nitrogens with two attached hydrogens (primary N) is 1. The fraction of sp³-hybridized carbons (Fsp3) is 0.333. The van der Waals surface area contributed by atoms with E-state index in [4.69, 9.17) is 20.4 Å². The predicted octanol–water partition coefficient (Wildman–Crippen LogP) is 1.77. The molecule has 1 aromatic carbocycles. The molecule has 2 aliphatic rings. The van der Waals surface area contributed by atoms with E-state index in [1.54, 1.807) is 23.2 Å². The normalized spacial score (nSPS) is 15.5. The molecule has 11 nitrogen and oxygen atoms in total. The van der Waals surface area contributed by atoms with Crippen molar-refractivity contribution in [2.24, 2.45) is 5.73 Å². The number of morpholine rings is 1. The summed E-state index contributed by atoms with van der Waals surface area (Å²) in [6.07, 6.45) is 3.76. The second kappa shape index (κ2) is 9.63. The zero-order chi connectivity index (χ0) is 24.4. The quantitative estimate of drug-likeness (QED) is 0.583. The SMILES string of the molecule is Cc1cnc(C(=O)N2CCc3c(nc(-c4ccc(NC(N)=O)cc4)nc3N3CCOCC3)C2)cn1. The first-order valence-electron chi connectivity index (χ1n) is 11.5. The maximum Gasteiger partial charge on any atom is 0.316 e. The summed E-state index contributed by atoms with van der Waals surface area (Å²) >= 11 is 0. The Bertz CT molecular complexity index is 1240. The molecule has 0 atom stereocenters. The first-order chi connectivity index (χ1) is 17.0. The maximum atomic E-state index is 13.1. The van der Waals surface area contributed by atoms with Gasteiger partial charge in [0.05, 0.1) is 37.3 Å². The number of aryl methyl sites for hydroxylation is 1. The number of anilines is 2. The van der Waals surface area contributed by atoms with E-state index in [9.17, 15) is 9.59 Å². The van der Waals surface area contributed by atoms with Crippen molar-refractivity contribution in [1.82, 2.24) is 24.8 Å². The topological polar surface area (TPSA) is 139 Å². The number of rotatable bonds is 4. The van der Waals surface area contributed by atoms with Gasteiger partial charge in [0.1, 0.15) is 11.5 Å². The molecule has 3 aromatic rings. The highest BCUT2D eigenvalue weighted by atomic mass is 16.5. The van der Waals surface area contributed by atoms with Crippen LogP contribution in [0.4, 0.5) is 16.3 Å². The highest BCUT2D eigenvalue weighted by molar-refractivity contribution is 5.92. The molecule has 0 radical (unpaired) electrons. The van der Waals surface area contributed by atoms with Crippen LogP contribution in [0.3, 0.4) is 0 Å². The van der Waals surface area contributed by atoms with Crippen molar-refractivity contribution in [2.75, 3.05) is 43.1 Å². The second-order valence-electron chi connectivity index (χ2n) is 8.48. The van der Waals surface area contributed by atoms with Gasteiger partial charge in [0.2, 0.25) is 0 Å². The molecule has 0 saturated carbocycles. The van der Waals surface area contributed by atoms with Crippen molar-refractivity contribution in [3.63, 3.8) is 0 Å². The number of nitrogens with one attached hydrogen (secondary N) is 1. The standard InChI is InChI=1S/C24H26N8O3/c1-15-12-27-19(13-26-15)23(33)32-7-6-18-20(14-32)29-21(30-22(18)31-8-10-35-11-9-31)16-2-4-17(5-3-16)28-24(25)34/h2-5,12-13H,6-11,14H2,1H3,(H3,25,28,34). The Morgan fingerprint density at radius 1 is 1.03 bits per heavy atom. The number of carbonyl (C=O) groups is 2. The number of nitrogens with zero attached hydrogens (tertiary/aromatic N) is 6. The lowest BCUT2D eigenvalue weighted by molar-refractivity contribution is 0.0725. The first kappa shape index (κ1) is 22.7. The van der Waals surface area contributed by atoms with Gasteiger partial charge in [-0.2, -0.15) is 0 Å². The number of urea groups is 1. The highest BCUT2D eigenvalue weighted by Gasteiger charge is 2.29. The van der Waals surface area contributed by atoms with Gasteiger partial charge < -0.3 is 25.6 Å². The van der Waals surface area contributed by atoms with E-state index in [0.29, 0.717) is 49.9 Å². The van der Waals surface area contributed by atoms with Crippen molar-refractivity contribution in [3.05, 3.63) is 59.3 Å². The smallest absolute Gasteiger partial charge is 0.316 e. The van der Waals surface area contributed by atoms with Crippen LogP contribution in [0.5, 0.6) is 0 Å². The van der Waals surface area contributed by atoms with Gasteiger partial charge in [-0.1, -0.05) is 0 Å². The Balaban J connectivity index is 1.49. The van der Waals surface area contributed by atoms with Crippen LogP contribution in [0.1, 0.15) is 27.4 Å². The van der Waals surface area contributed by atoms with Gasteiger partial charge in [0, 0.05) is 42.6 Å². The summed E-state index contributed by atoms with van der Waals surface area (Å²) in [5.74, 6) is 1.27. The lowest BCUT2D eigenvalue weighted by Gasteiger charge is -2.34. The Kier molecular flexibility index (Phi) is 6.23. The molecule has 0 aliphatic carbocycles. The third-order valence-corrected chi connectivity index (χ3v) is 6.05. The monoisotopic (exact) mass is 474 g/mol. The Morgan fingerprint density at radius 3 is 2.49 bits per heavy atom. The molecule has 3 N–H and O–H groups in total. The largest absolute Gasteiger partial charge is 0.378 e. The summed E-state index contributed by atoms with van der Waals surface area (Å²) in [5.41, 5.74) is 9.54. The van der Waals surface area contributed by atoms with E-state index in [1.165, 1.54) is 6.20 Å². The van der Waals surface area contributed by atoms with Crippen molar-refractivity contribution >= 4 is 23.4 Å². The van der Waals surface area contributed by atoms with Gasteiger partial charge >= 0.3 is 6.03 Å². The molecule has 11 heteroatoms. The molecular formula is C24H26N8O3. The van der Waals surface area contributed by atoms with E-state index in [2.05, 4.69) is 20.2 Å². The maximum absolute atomic E-state index is 13.1. The Morgan fingerprint density at radius 2 is 1.80 bits per heavy atom. The van der Waals surface area contributed by atoms with Crippen LogP contribution in [-0.2, 0) is 17.7 Å². The molecule has 3 amide bonds. The second-order valence-corrected chi connectivity index (χ2v) is 8.48. The summed E-state index contributed by atoms with van der Waals surface area (Å²) in [7, 11) is 0. The number of aromatic nitrogens is 4. The number of hydrogen-bond acceptors (Lipinski definition) is 8. The Labute approximate surface area is 202 Å². The molecular weight excluding hydrogens is 448 g/mol. The van der Waals surface area contributed by atoms with Crippen molar-refractivity contribution in [1.29, 1.82) is 0 Å². The fourth-order valence-corrected chi connectivity index (χ4v) is 4.26. The minimum absolute atomic E-state index is 0.168. The van der Waals surface area contributed by atoms with Gasteiger partial charge in [-0.25, -0.2) is 19.7 Å². The van der Waals surface area contributed by atoms with Gasteiger partial charge in [-0.3, -0.25) is 9.78 Å². The molecule has 5 rings (SSSR count). The summed E-state index contributed by atoms with van der Waals surface area (Å²) in [5, 5.41) is 2.55. The number of primary amides is 1. The van der Waals surface area contributed by atoms with Crippen LogP contribution < -0.4 is 16.0 Å². The number of benzene rings is 1. The van der Waals surface area contributed by atoms with Crippen molar-refractivity contribution in [3.8, 4) is 11.4 Å². The summed E-state index contributed by atoms with van der Waals surface area (Å²) in [4.78, 5) is 46.4. The molecule has 35 heavy (non-hydrogen) atoms. The number of fused-ring (bicyclic) bond motifs is 1. The van der Waals surface area contributed by atoms with Crippen LogP contribution in [0.15, 0.2) is 36.7 Å². The van der Waals surface area contributed by atoms with E-state index >= 15 is 0 Å². The molecule has 4 heterocycles. The van der Waals surface area contributed by atoms with Crippen molar-refractivity contribution in [2.45, 2.75) is 19.9 Å². The molecule has 0 spiro atoms. The summed E-state index contributed by atoms with van der Waals surface area (Å²) in [6, 6.07) is 6.56. The molecule has 180 valence electrons. The molecule has 1 saturated heterocycles. The van der Waals surface area contributed by atoms with Gasteiger partial charge in [0.15, 0.2) is 5.82 Å². The van der Waals surface area contributed by atoms with Crippen LogP contribution in [0.2, 0.25) is 0 Å². The first-order valence-corrected chi connectivity index (χ1v) is 11.5. The van der Waals surface area contributed by atoms with E-state index < -0.39 is 6.03 Å². The van der Waals surface area contributed by atoms with Crippen LogP contribution >= 0.6 is 0 Å². The minimum atomic E-state index is -0.625. The highest BCUT2D eigenvalue weighted by Crippen LogP contribution is 2.31. The molecule has 2 aliphatic heterocycles. The zero-order valence-corrected chi connectivity index (χ0v) is 19.4. The van der Waals surface area contributed by atoms with Crippen molar-refractivity contribution < 1.29 is 14.3 Å². The number of amides is 3. The van der Waals surface area contributed by atoms with Crippen LogP contribution in [0.25, 0.3) is 11.4 Å².